The van der Waals surface area contributed by atoms with Crippen molar-refractivity contribution in [3.63, 3.8) is 0 Å². The number of hydrogen-bond acceptors (Lipinski definition) is 10. The molecule has 15 N–H and O–H groups in total. The predicted molar refractivity (Wildman–Crippen MR) is 188 cm³/mol. The summed E-state index contributed by atoms with van der Waals surface area (Å²) in [7, 11) is 0. The number of amides is 4. The molecule has 1 saturated heterocycles. The van der Waals surface area contributed by atoms with Gasteiger partial charge in [-0.3, -0.25) is 34.1 Å². The number of benzene rings is 2. The first-order valence-corrected chi connectivity index (χ1v) is 15.8. The lowest BCUT2D eigenvalue weighted by Crippen LogP contribution is -2.64. The molecule has 274 valence electrons. The molecule has 0 saturated carbocycles. The summed E-state index contributed by atoms with van der Waals surface area (Å²) in [6.07, 6.45) is 4.95. The molecule has 4 atom stereocenters. The molecule has 18 nitrogen and oxygen atoms in total. The van der Waals surface area contributed by atoms with Gasteiger partial charge in [0, 0.05) is 25.5 Å². The van der Waals surface area contributed by atoms with Gasteiger partial charge in [-0.1, -0.05) is 24.3 Å². The van der Waals surface area contributed by atoms with Crippen molar-refractivity contribution in [2.75, 3.05) is 19.6 Å². The Labute approximate surface area is 293 Å². The predicted octanol–water partition coefficient (Wildman–Crippen LogP) is -1.93. The fourth-order valence-electron chi connectivity index (χ4n) is 5.55. The van der Waals surface area contributed by atoms with Gasteiger partial charge in [-0.05, 0) is 73.7 Å². The average Bonchev–Trinajstić information content (AvgIpc) is 3.25. The second-order valence-corrected chi connectivity index (χ2v) is 11.7. The van der Waals surface area contributed by atoms with Gasteiger partial charge >= 0.3 is 0 Å². The number of phenolic OH excluding ortho intramolecular Hbond substituents is 2. The first-order valence-electron chi connectivity index (χ1n) is 15.8. The second kappa shape index (κ2) is 17.5. The number of hydrogen-bond donors (Lipinski definition) is 11. The largest absolute Gasteiger partial charge is 0.508 e. The third-order valence-corrected chi connectivity index (χ3v) is 8.06. The smallest absolute Gasteiger partial charge is 0.274 e. The summed E-state index contributed by atoms with van der Waals surface area (Å²) in [5.74, 6) is -6.05. The number of carbonyl (C=O) groups excluding carboxylic acids is 4. The molecule has 0 unspecified atom stereocenters. The normalized spacial score (nSPS) is 20.6. The molecule has 3 rings (SSSR count). The molecule has 4 amide bonds. The maximum Gasteiger partial charge on any atom is 0.274 e. The van der Waals surface area contributed by atoms with Crippen LogP contribution in [0, 0.1) is 5.92 Å². The molecule has 18 heteroatoms. The minimum Gasteiger partial charge on any atom is -0.508 e. The van der Waals surface area contributed by atoms with Gasteiger partial charge in [0.2, 0.25) is 17.5 Å². The molecule has 0 bridgehead atoms. The number of likely N-dealkylation sites (tertiary alicyclic amines) is 1. The number of nitrogens with zero attached hydrogens (tertiary/aromatic N) is 3. The first kappa shape index (κ1) is 39.3. The number of nitrogens with two attached hydrogens (primary N) is 4. The molecular formula is C33H44N10O8. The summed E-state index contributed by atoms with van der Waals surface area (Å²) >= 11 is 0. The third kappa shape index (κ3) is 10.2. The highest BCUT2D eigenvalue weighted by molar-refractivity contribution is 6.02. The number of carbonyl (C=O) groups is 4. The van der Waals surface area contributed by atoms with Crippen LogP contribution in [0.25, 0.3) is 12.2 Å². The highest BCUT2D eigenvalue weighted by Gasteiger charge is 2.70. The van der Waals surface area contributed by atoms with Crippen molar-refractivity contribution in [1.82, 2.24) is 20.9 Å². The van der Waals surface area contributed by atoms with Gasteiger partial charge in [-0.15, -0.1) is 0 Å². The van der Waals surface area contributed by atoms with Crippen molar-refractivity contribution in [2.24, 2.45) is 38.8 Å². The van der Waals surface area contributed by atoms with Gasteiger partial charge in [0.25, 0.3) is 11.8 Å². The molecule has 0 radical (unpaired) electrons. The van der Waals surface area contributed by atoms with E-state index in [1.807, 2.05) is 0 Å². The molecule has 0 aromatic heterocycles. The Kier molecular flexibility index (Phi) is 13.5. The van der Waals surface area contributed by atoms with Gasteiger partial charge in [0.15, 0.2) is 17.5 Å². The summed E-state index contributed by atoms with van der Waals surface area (Å²) in [6.45, 7) is 0.318. The molecule has 1 aliphatic rings. The monoisotopic (exact) mass is 708 g/mol. The highest BCUT2D eigenvalue weighted by Crippen LogP contribution is 2.47. The van der Waals surface area contributed by atoms with Crippen LogP contribution in [0.1, 0.15) is 37.3 Å². The van der Waals surface area contributed by atoms with Gasteiger partial charge in [0.1, 0.15) is 17.5 Å². The lowest BCUT2D eigenvalue weighted by atomic mass is 9.78. The number of aliphatic hydroxyl groups is 2. The molecule has 1 aliphatic heterocycles. The first-order chi connectivity index (χ1) is 24.1. The zero-order chi connectivity index (χ0) is 37.8. The molecule has 0 aliphatic carbocycles. The Balaban J connectivity index is 1.92. The number of phenols is 2. The number of rotatable bonds is 16. The number of aromatic hydroxyl groups is 2. The maximum atomic E-state index is 14.1. The molecule has 2 aromatic carbocycles. The number of aliphatic imine (C=N–C) groups is 2. The van der Waals surface area contributed by atoms with E-state index in [1.165, 1.54) is 55.7 Å². The van der Waals surface area contributed by atoms with Crippen LogP contribution in [-0.4, -0.2) is 97.9 Å². The van der Waals surface area contributed by atoms with Crippen LogP contribution in [0.15, 0.2) is 70.9 Å². The summed E-state index contributed by atoms with van der Waals surface area (Å²) < 4.78 is 0. The molecule has 2 aromatic rings. The fraction of sp³-hybridized carbons (Fsp3) is 0.333. The lowest BCUT2D eigenvalue weighted by molar-refractivity contribution is -0.179. The Morgan fingerprint density at radius 2 is 1.37 bits per heavy atom. The Morgan fingerprint density at radius 3 is 1.90 bits per heavy atom. The molecular weight excluding hydrogens is 664 g/mol. The van der Waals surface area contributed by atoms with Crippen LogP contribution in [0.2, 0.25) is 0 Å². The Bertz CT molecular complexity index is 1670. The maximum absolute atomic E-state index is 14.1. The van der Waals surface area contributed by atoms with E-state index >= 15 is 0 Å². The van der Waals surface area contributed by atoms with E-state index in [-0.39, 0.29) is 55.8 Å². The summed E-state index contributed by atoms with van der Waals surface area (Å²) in [5.41, 5.74) is 17.7. The van der Waals surface area contributed by atoms with Gasteiger partial charge in [0.05, 0.1) is 12.5 Å². The molecule has 0 spiro atoms. The van der Waals surface area contributed by atoms with Crippen LogP contribution < -0.4 is 38.9 Å². The number of nitrogens with one attached hydrogen (secondary N) is 3. The summed E-state index contributed by atoms with van der Waals surface area (Å²) in [6, 6.07) is 10.6. The number of guanidine groups is 2. The minimum absolute atomic E-state index is 0.0148. The van der Waals surface area contributed by atoms with E-state index < -0.39 is 53.5 Å². The van der Waals surface area contributed by atoms with Gasteiger partial charge in [-0.25, -0.2) is 0 Å². The van der Waals surface area contributed by atoms with Gasteiger partial charge < -0.3 is 59.3 Å². The van der Waals surface area contributed by atoms with Crippen LogP contribution in [0.4, 0.5) is 0 Å². The zero-order valence-corrected chi connectivity index (χ0v) is 27.9. The van der Waals surface area contributed by atoms with Crippen molar-refractivity contribution in [3.05, 3.63) is 72.1 Å². The van der Waals surface area contributed by atoms with Gasteiger partial charge in [-0.2, -0.15) is 0 Å². The highest BCUT2D eigenvalue weighted by atomic mass is 16.4. The summed E-state index contributed by atoms with van der Waals surface area (Å²) in [5, 5.41) is 50.4. The van der Waals surface area contributed by atoms with E-state index in [4.69, 9.17) is 22.9 Å². The van der Waals surface area contributed by atoms with Crippen LogP contribution in [0.5, 0.6) is 11.5 Å². The van der Waals surface area contributed by atoms with Crippen molar-refractivity contribution in [1.29, 1.82) is 0 Å². The molecule has 1 heterocycles. The van der Waals surface area contributed by atoms with E-state index in [2.05, 4.69) is 25.9 Å². The Morgan fingerprint density at radius 1 is 0.863 bits per heavy atom. The average molecular weight is 709 g/mol. The SMILES string of the molecule is C[C@@H](C(=O)N/C=C/c1ccc(O)cc1)N1C(=O)[C@](O)(CCCN=C(N)N)[C@@H](CCN=C(N)N)[C@]1(O)C(=O)NCC(=O)N/C=C/c1ccc(O)cc1. The van der Waals surface area contributed by atoms with Crippen LogP contribution in [0.3, 0.4) is 0 Å². The Hall–Kier alpha value is -6.14. The minimum atomic E-state index is -2.90. The molecule has 51 heavy (non-hydrogen) atoms. The lowest BCUT2D eigenvalue weighted by Gasteiger charge is -2.38. The van der Waals surface area contributed by atoms with Crippen molar-refractivity contribution >= 4 is 47.7 Å². The van der Waals surface area contributed by atoms with Crippen molar-refractivity contribution < 1.29 is 39.6 Å². The van der Waals surface area contributed by atoms with Crippen molar-refractivity contribution in [2.45, 2.75) is 43.6 Å². The van der Waals surface area contributed by atoms with E-state index in [1.54, 1.807) is 24.3 Å². The van der Waals surface area contributed by atoms with E-state index in [0.29, 0.717) is 16.0 Å². The quantitative estimate of drug-likeness (QED) is 0.0516. The topological polar surface area (TPSA) is 317 Å². The van der Waals surface area contributed by atoms with E-state index in [0.717, 1.165) is 0 Å². The van der Waals surface area contributed by atoms with Crippen LogP contribution in [-0.2, 0) is 19.2 Å². The standard InChI is InChI=1S/C33H44N10O8/c1-20(27(47)39-17-12-22-5-9-24(45)10-6-22)43-29(49)32(50,14-2-15-40-30(34)35)25(13-18-41-31(36)37)33(43,51)28(48)42-19-26(46)38-16-11-21-3-7-23(44)8-4-21/h3-12,16-17,20,25,44-45,50-51H,2,13-15,18-19H2,1H3,(H,38,46)(H,39,47)(H,42,48)(H4,34,35,40)(H4,36,37,41)/b16-11+,17-12+/t20-,25+,32-,33-/m0/s1. The second-order valence-electron chi connectivity index (χ2n) is 11.7. The fourth-order valence-corrected chi connectivity index (χ4v) is 5.55. The molecule has 1 fully saturated rings. The zero-order valence-electron chi connectivity index (χ0n) is 27.9. The van der Waals surface area contributed by atoms with Crippen LogP contribution >= 0.6 is 0 Å². The third-order valence-electron chi connectivity index (χ3n) is 8.06. The van der Waals surface area contributed by atoms with E-state index in [9.17, 15) is 39.6 Å². The van der Waals surface area contributed by atoms with Crippen molar-refractivity contribution in [3.8, 4) is 11.5 Å². The summed E-state index contributed by atoms with van der Waals surface area (Å²) in [4.78, 5) is 62.4.